The molecule has 14 heavy (non-hydrogen) atoms. The summed E-state index contributed by atoms with van der Waals surface area (Å²) in [6.07, 6.45) is 0. The van der Waals surface area contributed by atoms with Gasteiger partial charge in [0.1, 0.15) is 5.75 Å². The molecule has 0 fully saturated rings. The first-order chi connectivity index (χ1) is 6.50. The highest BCUT2D eigenvalue weighted by molar-refractivity contribution is 6.19. The molecule has 0 amide bonds. The van der Waals surface area contributed by atoms with Crippen LogP contribution in [0.25, 0.3) is 0 Å². The molecular weight excluding hydrogens is 206 g/mol. The summed E-state index contributed by atoms with van der Waals surface area (Å²) >= 11 is 5.62. The molecule has 0 spiro atoms. The summed E-state index contributed by atoms with van der Waals surface area (Å²) in [4.78, 5) is 10.0. The maximum Gasteiger partial charge on any atom is 0.273 e. The second-order valence-electron chi connectivity index (χ2n) is 2.87. The Morgan fingerprint density at radius 3 is 2.71 bits per heavy atom. The molecule has 0 heterocycles. The lowest BCUT2D eigenvalue weighted by molar-refractivity contribution is -0.385. The Kier molecular flexibility index (Phi) is 3.30. The van der Waals surface area contributed by atoms with Crippen molar-refractivity contribution in [2.75, 3.05) is 0 Å². The summed E-state index contributed by atoms with van der Waals surface area (Å²) in [5, 5.41) is 10.5. The highest BCUT2D eigenvalue weighted by atomic mass is 35.5. The number of nitrogens with zero attached hydrogens (tertiary/aromatic N) is 1. The minimum absolute atomic E-state index is 0.00270. The highest BCUT2D eigenvalue weighted by Crippen LogP contribution is 2.25. The number of rotatable bonds is 3. The van der Waals surface area contributed by atoms with E-state index in [1.54, 1.807) is 19.9 Å². The molecule has 0 aliphatic carbocycles. The van der Waals surface area contributed by atoms with Gasteiger partial charge in [-0.1, -0.05) is 11.6 Å². The molecule has 0 bridgehead atoms. The van der Waals surface area contributed by atoms with Crippen LogP contribution in [-0.2, 0) is 0 Å². The van der Waals surface area contributed by atoms with E-state index in [1.807, 2.05) is 0 Å². The number of aryl methyl sites for hydroxylation is 1. The molecule has 0 aliphatic rings. The molecule has 4 nitrogen and oxygen atoms in total. The van der Waals surface area contributed by atoms with Gasteiger partial charge in [-0.15, -0.1) is 0 Å². The lowest BCUT2D eigenvalue weighted by Crippen LogP contribution is -2.04. The Bertz CT molecular complexity index is 352. The van der Waals surface area contributed by atoms with Gasteiger partial charge in [0.05, 0.1) is 11.0 Å². The molecule has 0 aromatic heterocycles. The lowest BCUT2D eigenvalue weighted by atomic mass is 10.2. The summed E-state index contributed by atoms with van der Waals surface area (Å²) in [5.41, 5.74) is 0.321. The standard InChI is InChI=1S/C9H10ClNO3/c1-6-3-4-8(11(12)13)5-9(6)14-7(2)10/h3-5,7H,1-2H3. The predicted molar refractivity (Wildman–Crippen MR) is 53.8 cm³/mol. The Morgan fingerprint density at radius 2 is 2.21 bits per heavy atom. The van der Waals surface area contributed by atoms with Crippen molar-refractivity contribution >= 4 is 17.3 Å². The van der Waals surface area contributed by atoms with E-state index in [0.717, 1.165) is 5.56 Å². The molecule has 76 valence electrons. The number of hydrogen-bond acceptors (Lipinski definition) is 3. The van der Waals surface area contributed by atoms with Gasteiger partial charge in [0, 0.05) is 6.07 Å². The van der Waals surface area contributed by atoms with Crippen LogP contribution in [0, 0.1) is 17.0 Å². The zero-order chi connectivity index (χ0) is 10.7. The van der Waals surface area contributed by atoms with Gasteiger partial charge >= 0.3 is 0 Å². The lowest BCUT2D eigenvalue weighted by Gasteiger charge is -2.09. The van der Waals surface area contributed by atoms with E-state index >= 15 is 0 Å². The Hall–Kier alpha value is -1.29. The van der Waals surface area contributed by atoms with E-state index in [1.165, 1.54) is 12.1 Å². The van der Waals surface area contributed by atoms with Gasteiger partial charge < -0.3 is 4.74 Å². The first-order valence-electron chi connectivity index (χ1n) is 4.06. The van der Waals surface area contributed by atoms with Gasteiger partial charge in [-0.3, -0.25) is 10.1 Å². The summed E-state index contributed by atoms with van der Waals surface area (Å²) in [6, 6.07) is 4.43. The summed E-state index contributed by atoms with van der Waals surface area (Å²) in [5.74, 6) is 0.446. The van der Waals surface area contributed by atoms with Crippen LogP contribution in [0.2, 0.25) is 0 Å². The van der Waals surface area contributed by atoms with Crippen LogP contribution < -0.4 is 4.74 Å². The van der Waals surface area contributed by atoms with Crippen LogP contribution in [0.1, 0.15) is 12.5 Å². The molecule has 0 saturated carbocycles. The molecule has 1 rings (SSSR count). The molecule has 0 N–H and O–H groups in total. The molecule has 1 aromatic carbocycles. The first-order valence-corrected chi connectivity index (χ1v) is 4.50. The minimum atomic E-state index is -0.504. The van der Waals surface area contributed by atoms with E-state index in [9.17, 15) is 10.1 Å². The van der Waals surface area contributed by atoms with Crippen LogP contribution in [0.5, 0.6) is 5.75 Å². The second-order valence-corrected chi connectivity index (χ2v) is 3.48. The molecule has 5 heteroatoms. The second kappa shape index (κ2) is 4.28. The fourth-order valence-corrected chi connectivity index (χ4v) is 1.10. The number of alkyl halides is 1. The molecule has 1 aromatic rings. The van der Waals surface area contributed by atoms with Crippen molar-refractivity contribution in [1.29, 1.82) is 0 Å². The van der Waals surface area contributed by atoms with Gasteiger partial charge in [-0.2, -0.15) is 0 Å². The highest BCUT2D eigenvalue weighted by Gasteiger charge is 2.10. The average molecular weight is 216 g/mol. The third-order valence-corrected chi connectivity index (χ3v) is 1.76. The van der Waals surface area contributed by atoms with Crippen molar-refractivity contribution in [3.63, 3.8) is 0 Å². The van der Waals surface area contributed by atoms with Crippen LogP contribution >= 0.6 is 11.6 Å². The zero-order valence-corrected chi connectivity index (χ0v) is 8.62. The topological polar surface area (TPSA) is 52.4 Å². The van der Waals surface area contributed by atoms with E-state index < -0.39 is 10.5 Å². The van der Waals surface area contributed by atoms with Crippen molar-refractivity contribution in [2.45, 2.75) is 19.4 Å². The number of benzene rings is 1. The summed E-state index contributed by atoms with van der Waals surface area (Å²) in [7, 11) is 0. The van der Waals surface area contributed by atoms with Crippen LogP contribution in [0.4, 0.5) is 5.69 Å². The van der Waals surface area contributed by atoms with Crippen LogP contribution in [-0.4, -0.2) is 10.5 Å². The van der Waals surface area contributed by atoms with Gasteiger partial charge in [0.15, 0.2) is 5.56 Å². The van der Waals surface area contributed by atoms with Crippen molar-refractivity contribution in [1.82, 2.24) is 0 Å². The smallest absolute Gasteiger partial charge is 0.273 e. The monoisotopic (exact) mass is 215 g/mol. The molecule has 0 saturated heterocycles. The largest absolute Gasteiger partial charge is 0.474 e. The quantitative estimate of drug-likeness (QED) is 0.443. The third kappa shape index (κ3) is 2.60. The van der Waals surface area contributed by atoms with E-state index in [-0.39, 0.29) is 5.69 Å². The Balaban J connectivity index is 3.02. The summed E-state index contributed by atoms with van der Waals surface area (Å²) < 4.78 is 5.20. The number of nitro groups is 1. The van der Waals surface area contributed by atoms with E-state index in [4.69, 9.17) is 16.3 Å². The fraction of sp³-hybridized carbons (Fsp3) is 0.333. The van der Waals surface area contributed by atoms with Gasteiger partial charge in [0.2, 0.25) is 0 Å². The number of halogens is 1. The van der Waals surface area contributed by atoms with Crippen molar-refractivity contribution in [3.05, 3.63) is 33.9 Å². The van der Waals surface area contributed by atoms with Crippen LogP contribution in [0.15, 0.2) is 18.2 Å². The van der Waals surface area contributed by atoms with E-state index in [2.05, 4.69) is 0 Å². The molecule has 1 atom stereocenters. The number of nitro benzene ring substituents is 1. The Morgan fingerprint density at radius 1 is 1.57 bits per heavy atom. The first kappa shape index (κ1) is 10.8. The fourth-order valence-electron chi connectivity index (χ4n) is 1.00. The van der Waals surface area contributed by atoms with Crippen molar-refractivity contribution in [2.24, 2.45) is 0 Å². The third-order valence-electron chi connectivity index (χ3n) is 1.67. The average Bonchev–Trinajstić information content (AvgIpc) is 2.07. The number of non-ortho nitro benzene ring substituents is 1. The summed E-state index contributed by atoms with van der Waals surface area (Å²) in [6.45, 7) is 3.46. The molecule has 1 unspecified atom stereocenters. The van der Waals surface area contributed by atoms with Crippen LogP contribution in [0.3, 0.4) is 0 Å². The maximum absolute atomic E-state index is 10.5. The van der Waals surface area contributed by atoms with Gasteiger partial charge in [-0.25, -0.2) is 0 Å². The SMILES string of the molecule is Cc1ccc([N+](=O)[O-])cc1OC(C)Cl. The molecule has 0 radical (unpaired) electrons. The minimum Gasteiger partial charge on any atom is -0.474 e. The van der Waals surface area contributed by atoms with Crippen molar-refractivity contribution in [3.8, 4) is 5.75 Å². The maximum atomic E-state index is 10.5. The number of ether oxygens (including phenoxy) is 1. The number of hydrogen-bond donors (Lipinski definition) is 0. The molecular formula is C9H10ClNO3. The molecule has 0 aliphatic heterocycles. The van der Waals surface area contributed by atoms with Crippen molar-refractivity contribution < 1.29 is 9.66 Å². The van der Waals surface area contributed by atoms with Gasteiger partial charge in [-0.05, 0) is 25.5 Å². The predicted octanol–water partition coefficient (Wildman–Crippen LogP) is 2.87. The normalized spacial score (nSPS) is 12.2. The Labute approximate surface area is 86.6 Å². The van der Waals surface area contributed by atoms with Gasteiger partial charge in [0.25, 0.3) is 5.69 Å². The zero-order valence-electron chi connectivity index (χ0n) is 7.86. The van der Waals surface area contributed by atoms with E-state index in [0.29, 0.717) is 5.75 Å².